The average molecular weight is 345 g/mol. The van der Waals surface area contributed by atoms with Crippen LogP contribution in [0, 0.1) is 0 Å². The molecule has 4 rings (SSSR count). The lowest BCUT2D eigenvalue weighted by molar-refractivity contribution is 0.451. The molecule has 0 saturated carbocycles. The molecule has 5 heteroatoms. The molecule has 0 aliphatic rings. The van der Waals surface area contributed by atoms with Crippen LogP contribution < -0.4 is 5.73 Å². The van der Waals surface area contributed by atoms with Crippen molar-refractivity contribution in [2.45, 2.75) is 12.5 Å². The number of nitrogens with zero attached hydrogens (tertiary/aromatic N) is 1. The van der Waals surface area contributed by atoms with Gasteiger partial charge in [-0.05, 0) is 18.2 Å². The van der Waals surface area contributed by atoms with Crippen LogP contribution >= 0.6 is 0 Å². The molecular weight excluding hydrogens is 326 g/mol. The predicted octanol–water partition coefficient (Wildman–Crippen LogP) is 3.61. The summed E-state index contributed by atoms with van der Waals surface area (Å²) in [6, 6.07) is 19.6. The average Bonchev–Trinajstić information content (AvgIpc) is 3.06. The highest BCUT2D eigenvalue weighted by Gasteiger charge is 2.18. The van der Waals surface area contributed by atoms with Crippen molar-refractivity contribution < 1.29 is 10.2 Å². The van der Waals surface area contributed by atoms with Gasteiger partial charge in [0, 0.05) is 23.1 Å². The Morgan fingerprint density at radius 3 is 2.42 bits per heavy atom. The molecule has 1 aromatic heterocycles. The van der Waals surface area contributed by atoms with E-state index in [1.54, 1.807) is 24.3 Å². The van der Waals surface area contributed by atoms with Gasteiger partial charge in [-0.3, -0.25) is 0 Å². The van der Waals surface area contributed by atoms with Crippen molar-refractivity contribution in [3.05, 3.63) is 89.2 Å². The summed E-state index contributed by atoms with van der Waals surface area (Å²) < 4.78 is 0. The molecule has 3 aromatic carbocycles. The molecule has 5 nitrogen and oxygen atoms in total. The number of phenols is 2. The molecule has 0 aliphatic heterocycles. The van der Waals surface area contributed by atoms with Crippen molar-refractivity contribution >= 4 is 11.0 Å². The molecule has 4 aromatic rings. The number of rotatable bonds is 4. The minimum Gasteiger partial charge on any atom is -0.508 e. The Kier molecular flexibility index (Phi) is 4.07. The summed E-state index contributed by atoms with van der Waals surface area (Å²) in [4.78, 5) is 7.83. The van der Waals surface area contributed by atoms with Gasteiger partial charge in [0.1, 0.15) is 17.3 Å². The van der Waals surface area contributed by atoms with Gasteiger partial charge < -0.3 is 20.9 Å². The van der Waals surface area contributed by atoms with Gasteiger partial charge in [-0.2, -0.15) is 0 Å². The minimum atomic E-state index is -0.619. The van der Waals surface area contributed by atoms with Crippen LogP contribution in [0.15, 0.2) is 66.7 Å². The molecule has 1 unspecified atom stereocenters. The zero-order chi connectivity index (χ0) is 18.1. The summed E-state index contributed by atoms with van der Waals surface area (Å²) in [5.41, 5.74) is 10.0. The van der Waals surface area contributed by atoms with Gasteiger partial charge in [0.25, 0.3) is 0 Å². The van der Waals surface area contributed by atoms with Crippen molar-refractivity contribution in [2.75, 3.05) is 0 Å². The first-order valence-electron chi connectivity index (χ1n) is 8.41. The van der Waals surface area contributed by atoms with E-state index in [1.807, 2.05) is 42.5 Å². The standard InChI is InChI=1S/C21H19N3O2/c22-20(14-7-1-4-11-18(14)25)15-8-5-6-13(21(15)26)12-19-23-16-9-2-3-10-17(16)24-19/h1-11,20,25-26H,12,22H2,(H,23,24). The number of nitrogens with two attached hydrogens (primary N) is 1. The first-order chi connectivity index (χ1) is 12.6. The Labute approximate surface area is 150 Å². The summed E-state index contributed by atoms with van der Waals surface area (Å²) in [5, 5.41) is 20.8. The summed E-state index contributed by atoms with van der Waals surface area (Å²) in [5.74, 6) is 1.01. The number of phenolic OH excluding ortho intramolecular Hbond substituents is 2. The maximum Gasteiger partial charge on any atom is 0.124 e. The minimum absolute atomic E-state index is 0.113. The topological polar surface area (TPSA) is 95.2 Å². The van der Waals surface area contributed by atoms with Crippen LogP contribution in [-0.2, 0) is 6.42 Å². The fourth-order valence-corrected chi connectivity index (χ4v) is 3.19. The van der Waals surface area contributed by atoms with E-state index in [9.17, 15) is 10.2 Å². The van der Waals surface area contributed by atoms with Crippen molar-refractivity contribution in [1.82, 2.24) is 9.97 Å². The highest BCUT2D eigenvalue weighted by molar-refractivity contribution is 5.74. The molecule has 1 atom stereocenters. The molecule has 1 heterocycles. The van der Waals surface area contributed by atoms with Crippen LogP contribution in [-0.4, -0.2) is 20.2 Å². The van der Waals surface area contributed by atoms with Crippen molar-refractivity contribution in [3.63, 3.8) is 0 Å². The van der Waals surface area contributed by atoms with Crippen LogP contribution in [0.1, 0.15) is 28.6 Å². The maximum absolute atomic E-state index is 10.7. The Balaban J connectivity index is 1.68. The number of hydrogen-bond acceptors (Lipinski definition) is 4. The summed E-state index contributed by atoms with van der Waals surface area (Å²) >= 11 is 0. The molecule has 0 spiro atoms. The smallest absolute Gasteiger partial charge is 0.124 e. The zero-order valence-corrected chi connectivity index (χ0v) is 14.1. The van der Waals surface area contributed by atoms with Crippen LogP contribution in [0.5, 0.6) is 11.5 Å². The van der Waals surface area contributed by atoms with E-state index < -0.39 is 6.04 Å². The molecule has 130 valence electrons. The second kappa shape index (κ2) is 6.54. The highest BCUT2D eigenvalue weighted by Crippen LogP contribution is 2.34. The normalized spacial score (nSPS) is 12.3. The van der Waals surface area contributed by atoms with Gasteiger partial charge in [0.05, 0.1) is 17.1 Å². The number of nitrogens with one attached hydrogen (secondary N) is 1. The molecule has 0 saturated heterocycles. The fourth-order valence-electron chi connectivity index (χ4n) is 3.19. The first kappa shape index (κ1) is 16.2. The molecule has 0 amide bonds. The molecule has 5 N–H and O–H groups in total. The molecule has 0 aliphatic carbocycles. The van der Waals surface area contributed by atoms with Crippen molar-refractivity contribution in [1.29, 1.82) is 0 Å². The van der Waals surface area contributed by atoms with E-state index in [0.29, 0.717) is 17.5 Å². The Morgan fingerprint density at radius 2 is 1.62 bits per heavy atom. The van der Waals surface area contributed by atoms with Crippen LogP contribution in [0.2, 0.25) is 0 Å². The Morgan fingerprint density at radius 1 is 0.885 bits per heavy atom. The number of para-hydroxylation sites is 4. The lowest BCUT2D eigenvalue weighted by Crippen LogP contribution is -2.13. The van der Waals surface area contributed by atoms with Gasteiger partial charge in [-0.1, -0.05) is 48.5 Å². The second-order valence-electron chi connectivity index (χ2n) is 6.27. The van der Waals surface area contributed by atoms with E-state index in [2.05, 4.69) is 9.97 Å². The number of hydrogen-bond donors (Lipinski definition) is 4. The number of benzene rings is 3. The number of H-pyrrole nitrogens is 1. The number of aromatic amines is 1. The first-order valence-corrected chi connectivity index (χ1v) is 8.41. The monoisotopic (exact) mass is 345 g/mol. The number of aromatic nitrogens is 2. The molecule has 0 fully saturated rings. The quantitative estimate of drug-likeness (QED) is 0.454. The summed E-state index contributed by atoms with van der Waals surface area (Å²) in [6.45, 7) is 0. The third-order valence-electron chi connectivity index (χ3n) is 4.55. The molecule has 0 bridgehead atoms. The molecule has 26 heavy (non-hydrogen) atoms. The SMILES string of the molecule is NC(c1ccccc1O)c1cccc(Cc2nc3ccccc3[nH]2)c1O. The van der Waals surface area contributed by atoms with E-state index in [1.165, 1.54) is 0 Å². The van der Waals surface area contributed by atoms with E-state index >= 15 is 0 Å². The Bertz CT molecular complexity index is 1040. The third-order valence-corrected chi connectivity index (χ3v) is 4.55. The number of aromatic hydroxyl groups is 2. The van der Waals surface area contributed by atoms with Gasteiger partial charge >= 0.3 is 0 Å². The predicted molar refractivity (Wildman–Crippen MR) is 101 cm³/mol. The largest absolute Gasteiger partial charge is 0.508 e. The van der Waals surface area contributed by atoms with E-state index in [0.717, 1.165) is 22.4 Å². The number of imidazole rings is 1. The third kappa shape index (κ3) is 2.89. The number of fused-ring (bicyclic) bond motifs is 1. The van der Waals surface area contributed by atoms with Crippen LogP contribution in [0.3, 0.4) is 0 Å². The van der Waals surface area contributed by atoms with Crippen molar-refractivity contribution in [3.8, 4) is 11.5 Å². The second-order valence-corrected chi connectivity index (χ2v) is 6.27. The molecular formula is C21H19N3O2. The summed E-state index contributed by atoms with van der Waals surface area (Å²) in [7, 11) is 0. The molecule has 0 radical (unpaired) electrons. The lowest BCUT2D eigenvalue weighted by atomic mass is 9.95. The highest BCUT2D eigenvalue weighted by atomic mass is 16.3. The summed E-state index contributed by atoms with van der Waals surface area (Å²) in [6.07, 6.45) is 0.460. The fraction of sp³-hybridized carbons (Fsp3) is 0.0952. The van der Waals surface area contributed by atoms with Gasteiger partial charge in [-0.25, -0.2) is 4.98 Å². The Hall–Kier alpha value is -3.31. The lowest BCUT2D eigenvalue weighted by Gasteiger charge is -2.17. The van der Waals surface area contributed by atoms with Crippen LogP contribution in [0.4, 0.5) is 0 Å². The van der Waals surface area contributed by atoms with Crippen LogP contribution in [0.25, 0.3) is 11.0 Å². The van der Waals surface area contributed by atoms with E-state index in [-0.39, 0.29) is 11.5 Å². The van der Waals surface area contributed by atoms with E-state index in [4.69, 9.17) is 5.73 Å². The zero-order valence-electron chi connectivity index (χ0n) is 14.1. The van der Waals surface area contributed by atoms with Crippen molar-refractivity contribution in [2.24, 2.45) is 5.73 Å². The maximum atomic E-state index is 10.7. The van der Waals surface area contributed by atoms with Gasteiger partial charge in [0.2, 0.25) is 0 Å². The van der Waals surface area contributed by atoms with Gasteiger partial charge in [-0.15, -0.1) is 0 Å². The van der Waals surface area contributed by atoms with Gasteiger partial charge in [0.15, 0.2) is 0 Å².